The monoisotopic (exact) mass is 264 g/mol. The Labute approximate surface area is 118 Å². The smallest absolute Gasteiger partial charge is 0.328 e. The van der Waals surface area contributed by atoms with Crippen LogP contribution in [0.2, 0.25) is 0 Å². The van der Waals surface area contributed by atoms with Gasteiger partial charge in [0, 0.05) is 6.08 Å². The molecule has 0 aliphatic rings. The minimum absolute atomic E-state index is 0.791. The molecule has 0 saturated heterocycles. The number of rotatable bonds is 5. The molecule has 20 heavy (non-hydrogen) atoms. The van der Waals surface area contributed by atoms with Crippen LogP contribution in [0.25, 0.3) is 11.1 Å². The van der Waals surface area contributed by atoms with Crippen LogP contribution in [0, 0.1) is 0 Å². The highest BCUT2D eigenvalue weighted by atomic mass is 16.4. The molecule has 0 saturated carbocycles. The summed E-state index contributed by atoms with van der Waals surface area (Å²) in [5.41, 5.74) is 3.60. The number of aliphatic carboxylic acids is 1. The van der Waals surface area contributed by atoms with Gasteiger partial charge in [0.05, 0.1) is 0 Å². The molecule has 0 aliphatic carbocycles. The number of benzene rings is 2. The fraction of sp³-hybridized carbons (Fsp3) is 0.0556. The molecule has 100 valence electrons. The van der Waals surface area contributed by atoms with Gasteiger partial charge in [-0.05, 0) is 23.1 Å². The molecule has 2 rings (SSSR count). The van der Waals surface area contributed by atoms with Crippen LogP contribution in [0.15, 0.2) is 78.9 Å². The zero-order valence-electron chi connectivity index (χ0n) is 11.1. The summed E-state index contributed by atoms with van der Waals surface area (Å²) in [6.07, 6.45) is 7.13. The number of allylic oxidation sites excluding steroid dienone is 3. The molecule has 0 aliphatic heterocycles. The zero-order chi connectivity index (χ0) is 14.2. The van der Waals surface area contributed by atoms with Gasteiger partial charge < -0.3 is 5.11 Å². The van der Waals surface area contributed by atoms with Gasteiger partial charge in [0.25, 0.3) is 0 Å². The van der Waals surface area contributed by atoms with E-state index in [1.54, 1.807) is 6.08 Å². The lowest BCUT2D eigenvalue weighted by molar-refractivity contribution is -0.131. The van der Waals surface area contributed by atoms with Gasteiger partial charge in [-0.1, -0.05) is 72.8 Å². The van der Waals surface area contributed by atoms with Gasteiger partial charge in [-0.25, -0.2) is 4.79 Å². The van der Waals surface area contributed by atoms with Crippen molar-refractivity contribution in [1.29, 1.82) is 0 Å². The van der Waals surface area contributed by atoms with E-state index in [1.165, 1.54) is 22.8 Å². The van der Waals surface area contributed by atoms with Crippen LogP contribution in [-0.4, -0.2) is 11.1 Å². The van der Waals surface area contributed by atoms with Crippen molar-refractivity contribution in [3.63, 3.8) is 0 Å². The molecule has 0 aromatic heterocycles. The van der Waals surface area contributed by atoms with Gasteiger partial charge in [-0.3, -0.25) is 0 Å². The highest BCUT2D eigenvalue weighted by Gasteiger charge is 1.96. The van der Waals surface area contributed by atoms with Crippen molar-refractivity contribution in [1.82, 2.24) is 0 Å². The van der Waals surface area contributed by atoms with E-state index >= 15 is 0 Å². The zero-order valence-corrected chi connectivity index (χ0v) is 11.1. The van der Waals surface area contributed by atoms with Crippen LogP contribution >= 0.6 is 0 Å². The summed E-state index contributed by atoms with van der Waals surface area (Å²) in [4.78, 5) is 10.3. The van der Waals surface area contributed by atoms with Crippen molar-refractivity contribution in [2.75, 3.05) is 0 Å². The molecule has 2 heteroatoms. The third-order valence-electron chi connectivity index (χ3n) is 2.90. The Morgan fingerprint density at radius 1 is 0.900 bits per heavy atom. The van der Waals surface area contributed by atoms with E-state index < -0.39 is 5.97 Å². The number of carboxylic acid groups (broad SMARTS) is 1. The van der Waals surface area contributed by atoms with Gasteiger partial charge >= 0.3 is 5.97 Å². The Balaban J connectivity index is 1.97. The molecule has 0 unspecified atom stereocenters. The summed E-state index contributed by atoms with van der Waals surface area (Å²) in [5, 5.41) is 8.45. The Bertz CT molecular complexity index is 608. The molecule has 2 aromatic rings. The molecule has 2 aromatic carbocycles. The average molecular weight is 264 g/mol. The van der Waals surface area contributed by atoms with E-state index in [0.29, 0.717) is 0 Å². The molecule has 0 atom stereocenters. The van der Waals surface area contributed by atoms with E-state index in [2.05, 4.69) is 36.4 Å². The second kappa shape index (κ2) is 7.10. The first-order chi connectivity index (χ1) is 9.75. The maximum absolute atomic E-state index is 10.3. The molecule has 0 radical (unpaired) electrons. The maximum atomic E-state index is 10.3. The minimum Gasteiger partial charge on any atom is -0.478 e. The van der Waals surface area contributed by atoms with Crippen molar-refractivity contribution in [3.8, 4) is 11.1 Å². The normalized spacial score (nSPS) is 11.2. The van der Waals surface area contributed by atoms with Gasteiger partial charge in [0.2, 0.25) is 0 Å². The number of carboxylic acids is 1. The van der Waals surface area contributed by atoms with E-state index in [4.69, 9.17) is 5.11 Å². The van der Waals surface area contributed by atoms with Crippen LogP contribution < -0.4 is 0 Å². The molecule has 0 amide bonds. The Hall–Kier alpha value is -2.61. The molecule has 0 fully saturated rings. The number of hydrogen-bond donors (Lipinski definition) is 1. The minimum atomic E-state index is -0.929. The highest BCUT2D eigenvalue weighted by Crippen LogP contribution is 2.19. The van der Waals surface area contributed by atoms with Crippen LogP contribution in [0.4, 0.5) is 0 Å². The Morgan fingerprint density at radius 2 is 1.55 bits per heavy atom. The number of hydrogen-bond acceptors (Lipinski definition) is 1. The van der Waals surface area contributed by atoms with Crippen molar-refractivity contribution in [2.24, 2.45) is 0 Å². The molecular weight excluding hydrogens is 248 g/mol. The summed E-state index contributed by atoms with van der Waals surface area (Å²) in [6, 6.07) is 18.6. The molecule has 2 nitrogen and oxygen atoms in total. The first kappa shape index (κ1) is 13.8. The lowest BCUT2D eigenvalue weighted by atomic mass is 10.0. The van der Waals surface area contributed by atoms with Gasteiger partial charge in [-0.2, -0.15) is 0 Å². The van der Waals surface area contributed by atoms with E-state index in [1.807, 2.05) is 24.3 Å². The second-order valence-corrected chi connectivity index (χ2v) is 4.39. The van der Waals surface area contributed by atoms with Crippen LogP contribution in [0.5, 0.6) is 0 Å². The fourth-order valence-electron chi connectivity index (χ4n) is 1.88. The van der Waals surface area contributed by atoms with Crippen molar-refractivity contribution in [2.45, 2.75) is 6.42 Å². The summed E-state index contributed by atoms with van der Waals surface area (Å²) >= 11 is 0. The first-order valence-electron chi connectivity index (χ1n) is 6.46. The largest absolute Gasteiger partial charge is 0.478 e. The molecule has 0 spiro atoms. The summed E-state index contributed by atoms with van der Waals surface area (Å²) < 4.78 is 0. The second-order valence-electron chi connectivity index (χ2n) is 4.39. The SMILES string of the molecule is O=C(O)/C=C/C=C/Cc1ccc(-c2ccccc2)cc1. The summed E-state index contributed by atoms with van der Waals surface area (Å²) in [7, 11) is 0. The van der Waals surface area contributed by atoms with Crippen molar-refractivity contribution in [3.05, 3.63) is 84.5 Å². The van der Waals surface area contributed by atoms with E-state index in [9.17, 15) is 4.79 Å². The molecular formula is C18H16O2. The predicted molar refractivity (Wildman–Crippen MR) is 81.5 cm³/mol. The Morgan fingerprint density at radius 3 is 2.20 bits per heavy atom. The standard InChI is InChI=1S/C18H16O2/c19-18(20)10-6-1-3-7-15-11-13-17(14-12-15)16-8-4-2-5-9-16/h1-6,8-14H,7H2,(H,19,20)/b3-1+,10-6+. The average Bonchev–Trinajstić information content (AvgIpc) is 2.48. The van der Waals surface area contributed by atoms with E-state index in [0.717, 1.165) is 12.5 Å². The quantitative estimate of drug-likeness (QED) is 0.652. The van der Waals surface area contributed by atoms with Crippen LogP contribution in [-0.2, 0) is 11.2 Å². The van der Waals surface area contributed by atoms with Gasteiger partial charge in [-0.15, -0.1) is 0 Å². The Kier molecular flexibility index (Phi) is 4.90. The summed E-state index contributed by atoms with van der Waals surface area (Å²) in [5.74, 6) is -0.929. The lowest BCUT2D eigenvalue weighted by Crippen LogP contribution is -1.84. The third kappa shape index (κ3) is 4.25. The fourth-order valence-corrected chi connectivity index (χ4v) is 1.88. The van der Waals surface area contributed by atoms with Gasteiger partial charge in [0.15, 0.2) is 0 Å². The third-order valence-corrected chi connectivity index (χ3v) is 2.90. The highest BCUT2D eigenvalue weighted by molar-refractivity contribution is 5.80. The number of carbonyl (C=O) groups is 1. The topological polar surface area (TPSA) is 37.3 Å². The van der Waals surface area contributed by atoms with Gasteiger partial charge in [0.1, 0.15) is 0 Å². The van der Waals surface area contributed by atoms with Crippen molar-refractivity contribution >= 4 is 5.97 Å². The van der Waals surface area contributed by atoms with Crippen LogP contribution in [0.3, 0.4) is 0 Å². The molecule has 0 heterocycles. The molecule has 0 bridgehead atoms. The predicted octanol–water partition coefficient (Wildman–Crippen LogP) is 4.09. The molecule has 1 N–H and O–H groups in total. The van der Waals surface area contributed by atoms with Crippen LogP contribution in [0.1, 0.15) is 5.56 Å². The van der Waals surface area contributed by atoms with E-state index in [-0.39, 0.29) is 0 Å². The maximum Gasteiger partial charge on any atom is 0.328 e. The summed E-state index contributed by atoms with van der Waals surface area (Å²) in [6.45, 7) is 0. The first-order valence-corrected chi connectivity index (χ1v) is 6.46. The lowest BCUT2D eigenvalue weighted by Gasteiger charge is -2.02. The van der Waals surface area contributed by atoms with Crippen molar-refractivity contribution < 1.29 is 9.90 Å².